The lowest BCUT2D eigenvalue weighted by Crippen LogP contribution is -2.40. The standard InChI is InChI=1S/C23H25FN2O7S/c1-14(25-34(31,32)21-9-4-3-8-19(21)26(29)30)20(27)13-17(23(28)33-2)12-16-11-10-15-6-5-7-18(15)22(16)24/h3-4,8-11,14,17,25H,5-7,12-13H2,1-2H3/t14-,17+/m0/s1. The molecular weight excluding hydrogens is 467 g/mol. The van der Waals surface area contributed by atoms with Gasteiger partial charge in [-0.1, -0.05) is 24.3 Å². The number of esters is 1. The minimum absolute atomic E-state index is 0.0822. The molecule has 9 nitrogen and oxygen atoms in total. The number of carbonyl (C=O) groups excluding carboxylic acids is 2. The highest BCUT2D eigenvalue weighted by atomic mass is 32.2. The summed E-state index contributed by atoms with van der Waals surface area (Å²) in [5.74, 6) is -2.77. The second-order valence-corrected chi connectivity index (χ2v) is 9.87. The van der Waals surface area contributed by atoms with Crippen molar-refractivity contribution < 1.29 is 32.1 Å². The van der Waals surface area contributed by atoms with Gasteiger partial charge in [-0.15, -0.1) is 0 Å². The van der Waals surface area contributed by atoms with Crippen LogP contribution in [0.4, 0.5) is 10.1 Å². The number of halogens is 1. The number of para-hydroxylation sites is 1. The van der Waals surface area contributed by atoms with Crippen LogP contribution in [0.1, 0.15) is 36.5 Å². The number of nitro benzene ring substituents is 1. The Morgan fingerprint density at radius 2 is 1.91 bits per heavy atom. The average molecular weight is 493 g/mol. The van der Waals surface area contributed by atoms with Crippen molar-refractivity contribution in [3.8, 4) is 0 Å². The molecule has 0 amide bonds. The number of methoxy groups -OCH3 is 1. The van der Waals surface area contributed by atoms with E-state index in [0.717, 1.165) is 37.6 Å². The quantitative estimate of drug-likeness (QED) is 0.306. The van der Waals surface area contributed by atoms with Crippen molar-refractivity contribution in [1.82, 2.24) is 4.72 Å². The number of nitrogens with one attached hydrogen (secondary N) is 1. The molecule has 2 aromatic rings. The molecule has 2 atom stereocenters. The molecule has 0 saturated carbocycles. The summed E-state index contributed by atoms with van der Waals surface area (Å²) >= 11 is 0. The van der Waals surface area contributed by atoms with E-state index < -0.39 is 55.7 Å². The molecular formula is C23H25FN2O7S. The summed E-state index contributed by atoms with van der Waals surface area (Å²) in [5.41, 5.74) is 1.22. The normalized spacial score (nSPS) is 14.8. The van der Waals surface area contributed by atoms with Crippen LogP contribution in [0.15, 0.2) is 41.3 Å². The Morgan fingerprint density at radius 3 is 2.59 bits per heavy atom. The Balaban J connectivity index is 1.76. The first kappa shape index (κ1) is 25.4. The summed E-state index contributed by atoms with van der Waals surface area (Å²) < 4.78 is 47.2. The lowest BCUT2D eigenvalue weighted by Gasteiger charge is -2.19. The highest BCUT2D eigenvalue weighted by Gasteiger charge is 2.32. The molecule has 1 aliphatic carbocycles. The Hall–Kier alpha value is -3.18. The molecule has 182 valence electrons. The maximum absolute atomic E-state index is 14.9. The fourth-order valence-corrected chi connectivity index (χ4v) is 5.51. The van der Waals surface area contributed by atoms with Crippen LogP contribution in [0.5, 0.6) is 0 Å². The van der Waals surface area contributed by atoms with E-state index >= 15 is 0 Å². The summed E-state index contributed by atoms with van der Waals surface area (Å²) in [6.07, 6.45) is 1.78. The molecule has 0 bridgehead atoms. The number of fused-ring (bicyclic) bond motifs is 1. The van der Waals surface area contributed by atoms with Crippen molar-refractivity contribution in [3.63, 3.8) is 0 Å². The number of benzene rings is 2. The lowest BCUT2D eigenvalue weighted by atomic mass is 9.91. The number of hydrogen-bond acceptors (Lipinski definition) is 7. The van der Waals surface area contributed by atoms with Gasteiger partial charge in [0, 0.05) is 12.5 Å². The Morgan fingerprint density at radius 1 is 1.21 bits per heavy atom. The summed E-state index contributed by atoms with van der Waals surface area (Å²) in [5, 5.41) is 11.2. The van der Waals surface area contributed by atoms with Crippen LogP contribution >= 0.6 is 0 Å². The fraction of sp³-hybridized carbons (Fsp3) is 0.391. The third-order valence-corrected chi connectivity index (χ3v) is 7.50. The molecule has 3 rings (SSSR count). The van der Waals surface area contributed by atoms with Gasteiger partial charge in [0.2, 0.25) is 10.0 Å². The third kappa shape index (κ3) is 5.48. The van der Waals surface area contributed by atoms with Crippen LogP contribution in [0, 0.1) is 21.8 Å². The molecule has 0 fully saturated rings. The molecule has 0 spiro atoms. The third-order valence-electron chi connectivity index (χ3n) is 5.91. The van der Waals surface area contributed by atoms with Gasteiger partial charge in [0.25, 0.3) is 5.69 Å². The molecule has 0 unspecified atom stereocenters. The second-order valence-electron chi connectivity index (χ2n) is 8.19. The van der Waals surface area contributed by atoms with Gasteiger partial charge in [-0.25, -0.2) is 17.5 Å². The van der Waals surface area contributed by atoms with E-state index in [2.05, 4.69) is 4.72 Å². The van der Waals surface area contributed by atoms with E-state index in [1.165, 1.54) is 19.1 Å². The zero-order valence-corrected chi connectivity index (χ0v) is 19.6. The summed E-state index contributed by atoms with van der Waals surface area (Å²) in [6, 6.07) is 6.88. The van der Waals surface area contributed by atoms with Gasteiger partial charge in [-0.05, 0) is 55.4 Å². The first-order chi connectivity index (χ1) is 16.0. The Kier molecular flexibility index (Phi) is 7.78. The van der Waals surface area contributed by atoms with Gasteiger partial charge in [-0.2, -0.15) is 0 Å². The van der Waals surface area contributed by atoms with Gasteiger partial charge in [0.15, 0.2) is 10.7 Å². The highest BCUT2D eigenvalue weighted by molar-refractivity contribution is 7.89. The summed E-state index contributed by atoms with van der Waals surface area (Å²) in [7, 11) is -3.25. The number of aryl methyl sites for hydroxylation is 1. The fourth-order valence-electron chi connectivity index (χ4n) is 4.12. The number of rotatable bonds is 10. The molecule has 0 radical (unpaired) electrons. The van der Waals surface area contributed by atoms with Crippen molar-refractivity contribution >= 4 is 27.5 Å². The number of ketones is 1. The van der Waals surface area contributed by atoms with E-state index in [-0.39, 0.29) is 17.8 Å². The molecule has 11 heteroatoms. The van der Waals surface area contributed by atoms with Crippen LogP contribution in [0.2, 0.25) is 0 Å². The topological polar surface area (TPSA) is 133 Å². The molecule has 0 aromatic heterocycles. The van der Waals surface area contributed by atoms with Crippen LogP contribution in [0.25, 0.3) is 0 Å². The number of ether oxygens (including phenoxy) is 1. The number of hydrogen-bond donors (Lipinski definition) is 1. The van der Waals surface area contributed by atoms with Gasteiger partial charge < -0.3 is 4.74 Å². The molecule has 0 saturated heterocycles. The molecule has 0 aliphatic heterocycles. The molecule has 34 heavy (non-hydrogen) atoms. The predicted octanol–water partition coefficient (Wildman–Crippen LogP) is 2.88. The first-order valence-corrected chi connectivity index (χ1v) is 12.2. The molecule has 1 aliphatic rings. The number of carbonyl (C=O) groups is 2. The first-order valence-electron chi connectivity index (χ1n) is 10.7. The largest absolute Gasteiger partial charge is 0.469 e. The zero-order valence-electron chi connectivity index (χ0n) is 18.7. The second kappa shape index (κ2) is 10.4. The van der Waals surface area contributed by atoms with Crippen LogP contribution in [-0.2, 0) is 43.6 Å². The van der Waals surface area contributed by atoms with Gasteiger partial charge in [0.1, 0.15) is 5.82 Å². The van der Waals surface area contributed by atoms with Crippen LogP contribution in [-0.4, -0.2) is 38.2 Å². The smallest absolute Gasteiger partial charge is 0.309 e. The van der Waals surface area contributed by atoms with E-state index in [1.54, 1.807) is 6.07 Å². The van der Waals surface area contributed by atoms with Gasteiger partial charge in [-0.3, -0.25) is 19.7 Å². The molecule has 1 N–H and O–H groups in total. The number of nitrogens with zero attached hydrogens (tertiary/aromatic N) is 1. The van der Waals surface area contributed by atoms with E-state index in [9.17, 15) is 32.5 Å². The summed E-state index contributed by atoms with van der Waals surface area (Å²) in [4.78, 5) is 34.9. The van der Waals surface area contributed by atoms with Crippen molar-refractivity contribution in [1.29, 1.82) is 0 Å². The monoisotopic (exact) mass is 492 g/mol. The minimum Gasteiger partial charge on any atom is -0.469 e. The molecule has 0 heterocycles. The van der Waals surface area contributed by atoms with Crippen molar-refractivity contribution in [3.05, 3.63) is 69.0 Å². The predicted molar refractivity (Wildman–Crippen MR) is 120 cm³/mol. The Labute approximate surface area is 196 Å². The van der Waals surface area contributed by atoms with Gasteiger partial charge >= 0.3 is 5.97 Å². The maximum Gasteiger partial charge on any atom is 0.309 e. The van der Waals surface area contributed by atoms with Crippen LogP contribution in [0.3, 0.4) is 0 Å². The lowest BCUT2D eigenvalue weighted by molar-refractivity contribution is -0.387. The maximum atomic E-state index is 14.9. The minimum atomic E-state index is -4.40. The Bertz CT molecular complexity index is 1230. The molecule has 2 aromatic carbocycles. The van der Waals surface area contributed by atoms with Crippen molar-refractivity contribution in [2.75, 3.05) is 7.11 Å². The van der Waals surface area contributed by atoms with Crippen molar-refractivity contribution in [2.45, 2.75) is 50.0 Å². The van der Waals surface area contributed by atoms with E-state index in [4.69, 9.17) is 4.74 Å². The van der Waals surface area contributed by atoms with Crippen LogP contribution < -0.4 is 4.72 Å². The zero-order chi connectivity index (χ0) is 25.0. The number of Topliss-reactive ketones (excluding diaryl/α,β-unsaturated/α-hetero) is 1. The van der Waals surface area contributed by atoms with Gasteiger partial charge in [0.05, 0.1) is 24.0 Å². The number of sulfonamides is 1. The number of nitro groups is 1. The van der Waals surface area contributed by atoms with Crippen molar-refractivity contribution in [2.24, 2.45) is 5.92 Å². The van der Waals surface area contributed by atoms with E-state index in [0.29, 0.717) is 12.0 Å². The highest BCUT2D eigenvalue weighted by Crippen LogP contribution is 2.29. The SMILES string of the molecule is COC(=O)[C@@H](CC(=O)[C@H](C)NS(=O)(=O)c1ccccc1[N+](=O)[O-])Cc1ccc2c(c1F)CCC2. The average Bonchev–Trinajstić information content (AvgIpc) is 3.29. The van der Waals surface area contributed by atoms with E-state index in [1.807, 2.05) is 6.07 Å². The summed E-state index contributed by atoms with van der Waals surface area (Å²) in [6.45, 7) is 1.28.